The lowest BCUT2D eigenvalue weighted by Crippen LogP contribution is -2.59. The van der Waals surface area contributed by atoms with Gasteiger partial charge in [-0.3, -0.25) is 0 Å². The van der Waals surface area contributed by atoms with Crippen LogP contribution in [0.25, 0.3) is 10.9 Å². The van der Waals surface area contributed by atoms with Gasteiger partial charge in [-0.25, -0.2) is 0 Å². The fraction of sp³-hybridized carbons (Fsp3) is 0.467. The van der Waals surface area contributed by atoms with Crippen LogP contribution in [0.2, 0.25) is 0 Å². The average Bonchev–Trinajstić information content (AvgIpc) is 2.81. The zero-order valence-electron chi connectivity index (χ0n) is 10.9. The summed E-state index contributed by atoms with van der Waals surface area (Å²) in [6.45, 7) is 5.09. The molecule has 0 spiro atoms. The van der Waals surface area contributed by atoms with Crippen molar-refractivity contribution in [1.82, 2.24) is 10.3 Å². The molecular weight excluding hydrogens is 224 g/mol. The number of H-pyrrole nitrogens is 1. The van der Waals surface area contributed by atoms with Crippen molar-refractivity contribution in [2.45, 2.75) is 39.0 Å². The lowest BCUT2D eigenvalue weighted by molar-refractivity contribution is -0.0729. The Morgan fingerprint density at radius 2 is 2.22 bits per heavy atom. The maximum absolute atomic E-state index is 9.71. The smallest absolute Gasteiger partial charge is 0.0621 e. The highest BCUT2D eigenvalue weighted by Crippen LogP contribution is 2.40. The number of hydrogen-bond acceptors (Lipinski definition) is 2. The summed E-state index contributed by atoms with van der Waals surface area (Å²) in [5, 5.41) is 14.5. The second kappa shape index (κ2) is 4.11. The largest absolute Gasteiger partial charge is 0.392 e. The van der Waals surface area contributed by atoms with Crippen LogP contribution in [0.1, 0.15) is 25.8 Å². The Hall–Kier alpha value is -1.32. The molecular formula is C15H20N2O. The van der Waals surface area contributed by atoms with Gasteiger partial charge in [0.2, 0.25) is 0 Å². The van der Waals surface area contributed by atoms with E-state index in [2.05, 4.69) is 48.4 Å². The minimum atomic E-state index is -0.166. The average molecular weight is 244 g/mol. The van der Waals surface area contributed by atoms with Gasteiger partial charge in [0.05, 0.1) is 6.10 Å². The minimum absolute atomic E-state index is 0.00344. The first-order chi connectivity index (χ1) is 8.57. The van der Waals surface area contributed by atoms with Crippen LogP contribution in [0.5, 0.6) is 0 Å². The van der Waals surface area contributed by atoms with E-state index in [1.807, 2.05) is 6.20 Å². The number of aliphatic hydroxyl groups excluding tert-OH is 1. The molecule has 1 fully saturated rings. The lowest BCUT2D eigenvalue weighted by Gasteiger charge is -2.49. The van der Waals surface area contributed by atoms with Crippen molar-refractivity contribution in [1.29, 1.82) is 0 Å². The molecule has 1 aromatic heterocycles. The number of hydrogen-bond donors (Lipinski definition) is 3. The first kappa shape index (κ1) is 11.8. The maximum atomic E-state index is 9.71. The van der Waals surface area contributed by atoms with Crippen molar-refractivity contribution in [2.75, 3.05) is 0 Å². The van der Waals surface area contributed by atoms with Crippen LogP contribution >= 0.6 is 0 Å². The van der Waals surface area contributed by atoms with Crippen LogP contribution < -0.4 is 5.32 Å². The Morgan fingerprint density at radius 3 is 2.94 bits per heavy atom. The third-order valence-electron chi connectivity index (χ3n) is 4.39. The quantitative estimate of drug-likeness (QED) is 0.776. The second-order valence-corrected chi connectivity index (χ2v) is 5.91. The molecule has 1 aliphatic carbocycles. The van der Waals surface area contributed by atoms with Gasteiger partial charge in [-0.2, -0.15) is 0 Å². The van der Waals surface area contributed by atoms with E-state index in [-0.39, 0.29) is 11.5 Å². The molecule has 3 heteroatoms. The number of rotatable bonds is 3. The van der Waals surface area contributed by atoms with Crippen LogP contribution in [-0.4, -0.2) is 22.2 Å². The number of aromatic amines is 1. The molecule has 0 aliphatic heterocycles. The van der Waals surface area contributed by atoms with Crippen molar-refractivity contribution in [3.8, 4) is 0 Å². The highest BCUT2D eigenvalue weighted by atomic mass is 16.3. The van der Waals surface area contributed by atoms with Gasteiger partial charge < -0.3 is 15.4 Å². The molecule has 1 heterocycles. The SMILES string of the molecule is CC1(C)C(O)CC1NCc1ccc2cc[nH]c2c1. The zero-order chi connectivity index (χ0) is 12.8. The van der Waals surface area contributed by atoms with Gasteiger partial charge in [0, 0.05) is 29.7 Å². The van der Waals surface area contributed by atoms with E-state index < -0.39 is 0 Å². The Bertz CT molecular complexity index is 558. The molecule has 0 saturated heterocycles. The summed E-state index contributed by atoms with van der Waals surface area (Å²) in [5.74, 6) is 0. The standard InChI is InChI=1S/C15H20N2O/c1-15(2)13(8-14(15)18)17-9-10-3-4-11-5-6-16-12(11)7-10/h3-7,13-14,16-18H,8-9H2,1-2H3. The predicted molar refractivity (Wildman–Crippen MR) is 73.3 cm³/mol. The van der Waals surface area contributed by atoms with Crippen molar-refractivity contribution in [3.05, 3.63) is 36.0 Å². The predicted octanol–water partition coefficient (Wildman–Crippen LogP) is 2.42. The molecule has 1 aromatic carbocycles. The number of aromatic nitrogens is 1. The fourth-order valence-corrected chi connectivity index (χ4v) is 2.69. The van der Waals surface area contributed by atoms with Gasteiger partial charge in [0.25, 0.3) is 0 Å². The molecule has 96 valence electrons. The van der Waals surface area contributed by atoms with Crippen molar-refractivity contribution in [3.63, 3.8) is 0 Å². The molecule has 2 aromatic rings. The third-order valence-corrected chi connectivity index (χ3v) is 4.39. The molecule has 3 rings (SSSR count). The van der Waals surface area contributed by atoms with E-state index in [0.717, 1.165) is 13.0 Å². The van der Waals surface area contributed by atoms with Crippen molar-refractivity contribution in [2.24, 2.45) is 5.41 Å². The Labute approximate surface area is 107 Å². The summed E-state index contributed by atoms with van der Waals surface area (Å²) in [4.78, 5) is 3.23. The summed E-state index contributed by atoms with van der Waals surface area (Å²) in [6, 6.07) is 8.98. The molecule has 0 amide bonds. The van der Waals surface area contributed by atoms with E-state index in [0.29, 0.717) is 6.04 Å². The molecule has 1 saturated carbocycles. The second-order valence-electron chi connectivity index (χ2n) is 5.91. The Kier molecular flexibility index (Phi) is 2.68. The molecule has 3 nitrogen and oxygen atoms in total. The molecule has 2 atom stereocenters. The summed E-state index contributed by atoms with van der Waals surface area (Å²) in [7, 11) is 0. The Balaban J connectivity index is 1.66. The van der Waals surface area contributed by atoms with Gasteiger partial charge in [0.1, 0.15) is 0 Å². The molecule has 3 N–H and O–H groups in total. The zero-order valence-corrected chi connectivity index (χ0v) is 10.9. The van der Waals surface area contributed by atoms with Crippen molar-refractivity contribution >= 4 is 10.9 Å². The van der Waals surface area contributed by atoms with Gasteiger partial charge in [-0.15, -0.1) is 0 Å². The number of aliphatic hydroxyl groups is 1. The molecule has 1 aliphatic rings. The van der Waals surface area contributed by atoms with Gasteiger partial charge >= 0.3 is 0 Å². The maximum Gasteiger partial charge on any atom is 0.0621 e. The van der Waals surface area contributed by atoms with Gasteiger partial charge in [-0.1, -0.05) is 26.0 Å². The minimum Gasteiger partial charge on any atom is -0.392 e. The molecule has 2 unspecified atom stereocenters. The number of nitrogens with one attached hydrogen (secondary N) is 2. The number of fused-ring (bicyclic) bond motifs is 1. The van der Waals surface area contributed by atoms with Gasteiger partial charge in [-0.05, 0) is 29.5 Å². The van der Waals surface area contributed by atoms with Crippen LogP contribution in [0.15, 0.2) is 30.5 Å². The van der Waals surface area contributed by atoms with Crippen LogP contribution in [-0.2, 0) is 6.54 Å². The van der Waals surface area contributed by atoms with Gasteiger partial charge in [0.15, 0.2) is 0 Å². The highest BCUT2D eigenvalue weighted by molar-refractivity contribution is 5.79. The summed E-state index contributed by atoms with van der Waals surface area (Å²) < 4.78 is 0. The fourth-order valence-electron chi connectivity index (χ4n) is 2.69. The monoisotopic (exact) mass is 244 g/mol. The Morgan fingerprint density at radius 1 is 1.39 bits per heavy atom. The van der Waals surface area contributed by atoms with E-state index in [1.165, 1.54) is 16.5 Å². The molecule has 18 heavy (non-hydrogen) atoms. The first-order valence-corrected chi connectivity index (χ1v) is 6.55. The van der Waals surface area contributed by atoms with E-state index >= 15 is 0 Å². The lowest BCUT2D eigenvalue weighted by atomic mass is 9.64. The summed E-state index contributed by atoms with van der Waals surface area (Å²) >= 11 is 0. The first-order valence-electron chi connectivity index (χ1n) is 6.55. The topological polar surface area (TPSA) is 48.0 Å². The molecule has 0 radical (unpaired) electrons. The van der Waals surface area contributed by atoms with Crippen LogP contribution in [0.3, 0.4) is 0 Å². The third kappa shape index (κ3) is 1.84. The summed E-state index contributed by atoms with van der Waals surface area (Å²) in [5.41, 5.74) is 2.46. The van der Waals surface area contributed by atoms with E-state index in [1.54, 1.807) is 0 Å². The number of benzene rings is 1. The van der Waals surface area contributed by atoms with Crippen LogP contribution in [0.4, 0.5) is 0 Å². The van der Waals surface area contributed by atoms with E-state index in [9.17, 15) is 5.11 Å². The van der Waals surface area contributed by atoms with E-state index in [4.69, 9.17) is 0 Å². The normalized spacial score (nSPS) is 26.2. The van der Waals surface area contributed by atoms with Crippen molar-refractivity contribution < 1.29 is 5.11 Å². The van der Waals surface area contributed by atoms with Crippen LogP contribution in [0, 0.1) is 5.41 Å². The summed E-state index contributed by atoms with van der Waals surface area (Å²) in [6.07, 6.45) is 2.66. The molecule has 0 bridgehead atoms. The highest BCUT2D eigenvalue weighted by Gasteiger charge is 2.46.